The first-order valence-corrected chi connectivity index (χ1v) is 4.42. The fourth-order valence-electron chi connectivity index (χ4n) is 1.37. The molecule has 1 rings (SSSR count). The Balaban J connectivity index is 2.79. The first kappa shape index (κ1) is 10.7. The summed E-state index contributed by atoms with van der Waals surface area (Å²) in [5, 5.41) is 0. The zero-order chi connectivity index (χ0) is 10.1. The van der Waals surface area contributed by atoms with E-state index in [2.05, 4.69) is 20.8 Å². The maximum atomic E-state index is 5.46. The highest BCUT2D eigenvalue weighted by molar-refractivity contribution is 5.18. The fraction of sp³-hybridized carbons (Fsp3) is 0.800. The van der Waals surface area contributed by atoms with E-state index in [1.807, 2.05) is 6.08 Å². The van der Waals surface area contributed by atoms with Crippen LogP contribution in [0.3, 0.4) is 0 Å². The summed E-state index contributed by atoms with van der Waals surface area (Å²) in [5.74, 6) is 0. The summed E-state index contributed by atoms with van der Waals surface area (Å²) in [6.45, 7) is 6.39. The van der Waals surface area contributed by atoms with E-state index in [4.69, 9.17) is 14.2 Å². The molecule has 0 aliphatic carbocycles. The van der Waals surface area contributed by atoms with Crippen molar-refractivity contribution in [2.24, 2.45) is 5.41 Å². The summed E-state index contributed by atoms with van der Waals surface area (Å²) < 4.78 is 15.8. The van der Waals surface area contributed by atoms with Gasteiger partial charge in [0.25, 0.3) is 0 Å². The average molecular weight is 186 g/mol. The van der Waals surface area contributed by atoms with Crippen molar-refractivity contribution in [3.8, 4) is 0 Å². The fourth-order valence-corrected chi connectivity index (χ4v) is 1.37. The van der Waals surface area contributed by atoms with Crippen molar-refractivity contribution < 1.29 is 14.2 Å². The third kappa shape index (κ3) is 2.30. The summed E-state index contributed by atoms with van der Waals surface area (Å²) in [6.07, 6.45) is 1.46. The highest BCUT2D eigenvalue weighted by atomic mass is 16.8. The third-order valence-corrected chi connectivity index (χ3v) is 2.14. The van der Waals surface area contributed by atoms with Gasteiger partial charge in [0.05, 0.1) is 0 Å². The zero-order valence-electron chi connectivity index (χ0n) is 8.96. The van der Waals surface area contributed by atoms with Crippen LogP contribution in [0.25, 0.3) is 0 Å². The van der Waals surface area contributed by atoms with Crippen LogP contribution in [-0.2, 0) is 14.2 Å². The summed E-state index contributed by atoms with van der Waals surface area (Å²) >= 11 is 0. The van der Waals surface area contributed by atoms with Crippen LogP contribution in [0.2, 0.25) is 0 Å². The van der Waals surface area contributed by atoms with Crippen LogP contribution < -0.4 is 0 Å². The molecule has 2 unspecified atom stereocenters. The number of ether oxygens (including phenoxy) is 3. The third-order valence-electron chi connectivity index (χ3n) is 2.14. The lowest BCUT2D eigenvalue weighted by Gasteiger charge is -2.24. The van der Waals surface area contributed by atoms with Gasteiger partial charge in [-0.25, -0.2) is 0 Å². The van der Waals surface area contributed by atoms with Crippen LogP contribution >= 0.6 is 0 Å². The van der Waals surface area contributed by atoms with Crippen molar-refractivity contribution in [1.82, 2.24) is 0 Å². The smallest absolute Gasteiger partial charge is 0.183 e. The van der Waals surface area contributed by atoms with E-state index in [0.29, 0.717) is 0 Å². The molecular weight excluding hydrogens is 168 g/mol. The molecule has 13 heavy (non-hydrogen) atoms. The second kappa shape index (κ2) is 3.78. The SMILES string of the molecule is COC1C=C(C(C)(C)C)C(OC)O1. The number of hydrogen-bond acceptors (Lipinski definition) is 3. The number of hydrogen-bond donors (Lipinski definition) is 0. The van der Waals surface area contributed by atoms with Gasteiger partial charge < -0.3 is 14.2 Å². The van der Waals surface area contributed by atoms with Gasteiger partial charge in [-0.3, -0.25) is 0 Å². The Kier molecular flexibility index (Phi) is 3.11. The van der Waals surface area contributed by atoms with Gasteiger partial charge in [-0.15, -0.1) is 0 Å². The molecule has 0 aromatic heterocycles. The molecule has 1 aliphatic heterocycles. The van der Waals surface area contributed by atoms with Crippen molar-refractivity contribution >= 4 is 0 Å². The molecule has 3 heteroatoms. The van der Waals surface area contributed by atoms with Gasteiger partial charge in [0.2, 0.25) is 0 Å². The molecule has 0 radical (unpaired) electrons. The molecule has 1 aliphatic rings. The molecule has 0 spiro atoms. The highest BCUT2D eigenvalue weighted by Crippen LogP contribution is 2.35. The molecule has 0 saturated carbocycles. The van der Waals surface area contributed by atoms with Gasteiger partial charge >= 0.3 is 0 Å². The molecule has 2 atom stereocenters. The summed E-state index contributed by atoms with van der Waals surface area (Å²) in [4.78, 5) is 0. The lowest BCUT2D eigenvalue weighted by atomic mass is 9.86. The van der Waals surface area contributed by atoms with Crippen molar-refractivity contribution in [3.63, 3.8) is 0 Å². The first-order valence-electron chi connectivity index (χ1n) is 4.42. The predicted octanol–water partition coefficient (Wildman–Crippen LogP) is 1.93. The Morgan fingerprint density at radius 1 is 1.23 bits per heavy atom. The maximum absolute atomic E-state index is 5.46. The van der Waals surface area contributed by atoms with Crippen LogP contribution in [0.15, 0.2) is 11.6 Å². The van der Waals surface area contributed by atoms with Crippen molar-refractivity contribution in [3.05, 3.63) is 11.6 Å². The molecule has 1 heterocycles. The monoisotopic (exact) mass is 186 g/mol. The van der Waals surface area contributed by atoms with Gasteiger partial charge in [-0.1, -0.05) is 20.8 Å². The van der Waals surface area contributed by atoms with Gasteiger partial charge in [0, 0.05) is 14.2 Å². The normalized spacial score (nSPS) is 29.2. The zero-order valence-corrected chi connectivity index (χ0v) is 8.96. The van der Waals surface area contributed by atoms with E-state index in [9.17, 15) is 0 Å². The quantitative estimate of drug-likeness (QED) is 0.617. The lowest BCUT2D eigenvalue weighted by molar-refractivity contribution is -0.179. The molecule has 0 bridgehead atoms. The highest BCUT2D eigenvalue weighted by Gasteiger charge is 2.33. The summed E-state index contributed by atoms with van der Waals surface area (Å²) in [6, 6.07) is 0. The minimum Gasteiger partial charge on any atom is -0.352 e. The van der Waals surface area contributed by atoms with Crippen LogP contribution in [0.1, 0.15) is 20.8 Å². The Morgan fingerprint density at radius 2 is 1.85 bits per heavy atom. The van der Waals surface area contributed by atoms with Gasteiger partial charge in [-0.05, 0) is 17.1 Å². The van der Waals surface area contributed by atoms with Crippen LogP contribution in [0.4, 0.5) is 0 Å². The molecule has 0 N–H and O–H groups in total. The Morgan fingerprint density at radius 3 is 2.15 bits per heavy atom. The first-order chi connectivity index (χ1) is 5.99. The number of rotatable bonds is 2. The van der Waals surface area contributed by atoms with Crippen molar-refractivity contribution in [1.29, 1.82) is 0 Å². The van der Waals surface area contributed by atoms with E-state index < -0.39 is 0 Å². The van der Waals surface area contributed by atoms with Gasteiger partial charge in [0.15, 0.2) is 12.6 Å². The van der Waals surface area contributed by atoms with E-state index in [-0.39, 0.29) is 18.0 Å². The Labute approximate surface area is 79.7 Å². The van der Waals surface area contributed by atoms with Gasteiger partial charge in [0.1, 0.15) is 0 Å². The predicted molar refractivity (Wildman–Crippen MR) is 50.2 cm³/mol. The molecule has 3 nitrogen and oxygen atoms in total. The molecule has 76 valence electrons. The molecule has 0 aromatic rings. The van der Waals surface area contributed by atoms with Crippen LogP contribution in [0.5, 0.6) is 0 Å². The Bertz CT molecular complexity index is 203. The summed E-state index contributed by atoms with van der Waals surface area (Å²) in [7, 11) is 3.27. The second-order valence-electron chi connectivity index (χ2n) is 4.18. The maximum Gasteiger partial charge on any atom is 0.183 e. The minimum absolute atomic E-state index is 0.0634. The van der Waals surface area contributed by atoms with Gasteiger partial charge in [-0.2, -0.15) is 0 Å². The summed E-state index contributed by atoms with van der Waals surface area (Å²) in [5.41, 5.74) is 1.20. The lowest BCUT2D eigenvalue weighted by Crippen LogP contribution is -2.23. The van der Waals surface area contributed by atoms with E-state index in [1.165, 1.54) is 0 Å². The number of methoxy groups -OCH3 is 2. The van der Waals surface area contributed by atoms with Crippen molar-refractivity contribution in [2.75, 3.05) is 14.2 Å². The standard InChI is InChI=1S/C10H18O3/c1-10(2,3)7-6-8(11-4)13-9(7)12-5/h6,8-9H,1-5H3. The second-order valence-corrected chi connectivity index (χ2v) is 4.18. The minimum atomic E-state index is -0.265. The Hall–Kier alpha value is -0.380. The van der Waals surface area contributed by atoms with Crippen LogP contribution in [0, 0.1) is 5.41 Å². The molecule has 0 saturated heterocycles. The molecule has 0 amide bonds. The molecular formula is C10H18O3. The van der Waals surface area contributed by atoms with E-state index >= 15 is 0 Å². The van der Waals surface area contributed by atoms with Crippen LogP contribution in [-0.4, -0.2) is 26.8 Å². The van der Waals surface area contributed by atoms with E-state index in [1.54, 1.807) is 14.2 Å². The van der Waals surface area contributed by atoms with E-state index in [0.717, 1.165) is 5.57 Å². The molecule has 0 aromatic carbocycles. The molecule has 0 fully saturated rings. The average Bonchev–Trinajstić information content (AvgIpc) is 2.46. The topological polar surface area (TPSA) is 27.7 Å². The van der Waals surface area contributed by atoms with Crippen molar-refractivity contribution in [2.45, 2.75) is 33.4 Å². The largest absolute Gasteiger partial charge is 0.352 e.